The standard InChI is InChI=1S/C31H25F3N8O/c32-31(33,34)25-18-23(11-10-22(25)19-35)37-28-38-29(42-16-14-41(15-17-42)20-21-6-2-1-3-7-21)40-30(39-28)43-27-12-13-36-26-9-5-4-8-24(26)27/h1-13,18H,14-17,20H2,(H,37,38,39,40). The zero-order valence-electron chi connectivity index (χ0n) is 22.8. The number of ether oxygens (including phenoxy) is 1. The van der Waals surface area contributed by atoms with Crippen LogP contribution in [-0.4, -0.2) is 51.0 Å². The van der Waals surface area contributed by atoms with E-state index in [4.69, 9.17) is 10.00 Å². The van der Waals surface area contributed by atoms with Crippen molar-refractivity contribution in [2.75, 3.05) is 36.4 Å². The average molecular weight is 583 g/mol. The molecule has 0 unspecified atom stereocenters. The lowest BCUT2D eigenvalue weighted by molar-refractivity contribution is -0.137. The summed E-state index contributed by atoms with van der Waals surface area (Å²) in [4.78, 5) is 22.2. The number of pyridine rings is 1. The Bertz CT molecular complexity index is 1780. The molecule has 1 N–H and O–H groups in total. The highest BCUT2D eigenvalue weighted by Gasteiger charge is 2.34. The molecule has 0 bridgehead atoms. The SMILES string of the molecule is N#Cc1ccc(Nc2nc(Oc3ccnc4ccccc34)nc(N3CCN(Cc4ccccc4)CC3)n2)cc1C(F)(F)F. The van der Waals surface area contributed by atoms with Gasteiger partial charge in [0.2, 0.25) is 11.9 Å². The molecule has 0 atom stereocenters. The van der Waals surface area contributed by atoms with Gasteiger partial charge in [0.15, 0.2) is 0 Å². The van der Waals surface area contributed by atoms with Crippen LogP contribution in [0.5, 0.6) is 11.8 Å². The van der Waals surface area contributed by atoms with Crippen molar-refractivity contribution in [1.82, 2.24) is 24.8 Å². The lowest BCUT2D eigenvalue weighted by Crippen LogP contribution is -2.46. The lowest BCUT2D eigenvalue weighted by Gasteiger charge is -2.34. The van der Waals surface area contributed by atoms with Gasteiger partial charge in [-0.15, -0.1) is 0 Å². The molecule has 5 aromatic rings. The Balaban J connectivity index is 1.30. The second-order valence-corrected chi connectivity index (χ2v) is 9.91. The molecule has 3 heterocycles. The van der Waals surface area contributed by atoms with Crippen LogP contribution in [0.15, 0.2) is 85.1 Å². The number of alkyl halides is 3. The zero-order chi connectivity index (χ0) is 29.8. The molecule has 6 rings (SSSR count). The number of hydrogen-bond donors (Lipinski definition) is 1. The van der Waals surface area contributed by atoms with Gasteiger partial charge in [-0.1, -0.05) is 42.5 Å². The first-order valence-corrected chi connectivity index (χ1v) is 13.5. The van der Waals surface area contributed by atoms with Gasteiger partial charge in [-0.2, -0.15) is 33.4 Å². The van der Waals surface area contributed by atoms with E-state index in [1.807, 2.05) is 47.4 Å². The van der Waals surface area contributed by atoms with Crippen LogP contribution in [0.1, 0.15) is 16.7 Å². The Labute approximate surface area is 245 Å². The van der Waals surface area contributed by atoms with Crippen molar-refractivity contribution in [1.29, 1.82) is 5.26 Å². The maximum Gasteiger partial charge on any atom is 0.417 e. The number of aromatic nitrogens is 4. The summed E-state index contributed by atoms with van der Waals surface area (Å²) in [6.45, 7) is 3.60. The molecule has 9 nitrogen and oxygen atoms in total. The highest BCUT2D eigenvalue weighted by atomic mass is 19.4. The van der Waals surface area contributed by atoms with E-state index in [0.29, 0.717) is 24.8 Å². The van der Waals surface area contributed by atoms with Crippen LogP contribution < -0.4 is 15.0 Å². The van der Waals surface area contributed by atoms with E-state index < -0.39 is 17.3 Å². The Kier molecular flexibility index (Phi) is 7.72. The fourth-order valence-electron chi connectivity index (χ4n) is 4.88. The number of rotatable bonds is 7. The number of hydrogen-bond acceptors (Lipinski definition) is 9. The van der Waals surface area contributed by atoms with Crippen LogP contribution in [0.3, 0.4) is 0 Å². The molecule has 0 spiro atoms. The highest BCUT2D eigenvalue weighted by Crippen LogP contribution is 2.34. The van der Waals surface area contributed by atoms with E-state index in [0.717, 1.165) is 42.7 Å². The van der Waals surface area contributed by atoms with Crippen LogP contribution in [0.4, 0.5) is 30.8 Å². The van der Waals surface area contributed by atoms with Crippen molar-refractivity contribution >= 4 is 28.5 Å². The summed E-state index contributed by atoms with van der Waals surface area (Å²) >= 11 is 0. The number of fused-ring (bicyclic) bond motifs is 1. The molecule has 1 aliphatic heterocycles. The first-order chi connectivity index (χ1) is 20.9. The molecule has 12 heteroatoms. The molecule has 0 aliphatic carbocycles. The molecule has 0 amide bonds. The fourth-order valence-corrected chi connectivity index (χ4v) is 4.88. The molecule has 1 aliphatic rings. The largest absolute Gasteiger partial charge is 0.423 e. The van der Waals surface area contributed by atoms with Gasteiger partial charge in [-0.3, -0.25) is 9.88 Å². The van der Waals surface area contributed by atoms with Gasteiger partial charge in [0.1, 0.15) is 5.75 Å². The molecule has 43 heavy (non-hydrogen) atoms. The molecule has 3 aromatic carbocycles. The van der Waals surface area contributed by atoms with Crippen LogP contribution in [0, 0.1) is 11.3 Å². The number of nitrogens with zero attached hydrogens (tertiary/aromatic N) is 7. The van der Waals surface area contributed by atoms with Gasteiger partial charge in [0.05, 0.1) is 22.7 Å². The second-order valence-electron chi connectivity index (χ2n) is 9.91. The number of benzene rings is 3. The minimum absolute atomic E-state index is 0.00269. The van der Waals surface area contributed by atoms with Gasteiger partial charge >= 0.3 is 12.2 Å². The van der Waals surface area contributed by atoms with E-state index in [-0.39, 0.29) is 17.6 Å². The van der Waals surface area contributed by atoms with Crippen molar-refractivity contribution in [3.05, 3.63) is 102 Å². The monoisotopic (exact) mass is 582 g/mol. The van der Waals surface area contributed by atoms with Gasteiger partial charge in [-0.05, 0) is 42.0 Å². The fraction of sp³-hybridized carbons (Fsp3) is 0.194. The average Bonchev–Trinajstić information content (AvgIpc) is 3.01. The number of para-hydroxylation sites is 1. The molecular weight excluding hydrogens is 557 g/mol. The van der Waals surface area contributed by atoms with Crippen LogP contribution in [0.2, 0.25) is 0 Å². The zero-order valence-corrected chi connectivity index (χ0v) is 22.8. The summed E-state index contributed by atoms with van der Waals surface area (Å²) in [6, 6.07) is 24.3. The van der Waals surface area contributed by atoms with Gasteiger partial charge in [0.25, 0.3) is 0 Å². The van der Waals surface area contributed by atoms with Crippen molar-refractivity contribution in [3.8, 4) is 17.8 Å². The number of nitrogens with one attached hydrogen (secondary N) is 1. The van der Waals surface area contributed by atoms with Crippen molar-refractivity contribution in [3.63, 3.8) is 0 Å². The predicted octanol–water partition coefficient (Wildman–Crippen LogP) is 6.17. The summed E-state index contributed by atoms with van der Waals surface area (Å²) in [5, 5.41) is 12.8. The molecule has 2 aromatic heterocycles. The molecule has 1 saturated heterocycles. The van der Waals surface area contributed by atoms with E-state index >= 15 is 0 Å². The molecule has 1 fully saturated rings. The summed E-state index contributed by atoms with van der Waals surface area (Å²) < 4.78 is 46.9. The Morgan fingerprint density at radius 3 is 2.42 bits per heavy atom. The first-order valence-electron chi connectivity index (χ1n) is 13.5. The second kappa shape index (κ2) is 11.9. The van der Waals surface area contributed by atoms with Gasteiger partial charge in [-0.25, -0.2) is 0 Å². The Hall–Kier alpha value is -5.28. The summed E-state index contributed by atoms with van der Waals surface area (Å²) in [6.07, 6.45) is -3.09. The van der Waals surface area contributed by atoms with E-state index in [1.165, 1.54) is 11.6 Å². The van der Waals surface area contributed by atoms with E-state index in [1.54, 1.807) is 18.3 Å². The summed E-state index contributed by atoms with van der Waals surface area (Å²) in [7, 11) is 0. The van der Waals surface area contributed by atoms with Crippen LogP contribution in [-0.2, 0) is 12.7 Å². The minimum atomic E-state index is -4.71. The smallest absolute Gasteiger partial charge is 0.417 e. The van der Waals surface area contributed by atoms with E-state index in [9.17, 15) is 13.2 Å². The highest BCUT2D eigenvalue weighted by molar-refractivity contribution is 5.84. The van der Waals surface area contributed by atoms with Crippen LogP contribution >= 0.6 is 0 Å². The summed E-state index contributed by atoms with van der Waals surface area (Å²) in [5.41, 5.74) is 0.485. The van der Waals surface area contributed by atoms with Gasteiger partial charge < -0.3 is 15.0 Å². The Morgan fingerprint density at radius 1 is 0.884 bits per heavy atom. The topological polar surface area (TPSA) is 103 Å². The lowest BCUT2D eigenvalue weighted by atomic mass is 10.1. The maximum atomic E-state index is 13.6. The van der Waals surface area contributed by atoms with Crippen molar-refractivity contribution in [2.45, 2.75) is 12.7 Å². The van der Waals surface area contributed by atoms with Crippen LogP contribution in [0.25, 0.3) is 10.9 Å². The minimum Gasteiger partial charge on any atom is -0.423 e. The first kappa shape index (κ1) is 27.9. The third-order valence-electron chi connectivity index (χ3n) is 7.02. The van der Waals surface area contributed by atoms with Crippen molar-refractivity contribution in [2.24, 2.45) is 0 Å². The van der Waals surface area contributed by atoms with Gasteiger partial charge in [0, 0.05) is 50.0 Å². The maximum absolute atomic E-state index is 13.6. The summed E-state index contributed by atoms with van der Waals surface area (Å²) in [5.74, 6) is 0.803. The van der Waals surface area contributed by atoms with E-state index in [2.05, 4.69) is 42.3 Å². The predicted molar refractivity (Wildman–Crippen MR) is 155 cm³/mol. The molecule has 0 radical (unpaired) electrons. The Morgan fingerprint density at radius 2 is 1.65 bits per heavy atom. The van der Waals surface area contributed by atoms with Crippen molar-refractivity contribution < 1.29 is 17.9 Å². The number of nitriles is 1. The number of anilines is 3. The molecule has 0 saturated carbocycles. The number of halogens is 3. The number of piperazine rings is 1. The molecule has 216 valence electrons. The third kappa shape index (κ3) is 6.47. The quantitative estimate of drug-likeness (QED) is 0.241. The third-order valence-corrected chi connectivity index (χ3v) is 7.02. The normalized spacial score (nSPS) is 14.0. The molecular formula is C31H25F3N8O.